The average Bonchev–Trinajstić information content (AvgIpc) is 3.27. The number of aliphatic hydroxyl groups excluding tert-OH is 5. The smallest absolute Gasteiger partial charge is 0.305 e. The molecule has 0 aromatic carbocycles. The monoisotopic (exact) mass is 491 g/mol. The highest BCUT2D eigenvalue weighted by Crippen LogP contribution is 2.25. The van der Waals surface area contributed by atoms with Crippen molar-refractivity contribution in [1.29, 1.82) is 0 Å². The van der Waals surface area contributed by atoms with E-state index in [0.29, 0.717) is 12.5 Å². The molecular formula is C24H45NO9. The van der Waals surface area contributed by atoms with Crippen molar-refractivity contribution in [2.75, 3.05) is 6.61 Å². The van der Waals surface area contributed by atoms with Crippen LogP contribution in [0.4, 0.5) is 0 Å². The molecule has 10 nitrogen and oxygen atoms in total. The van der Waals surface area contributed by atoms with E-state index in [0.717, 1.165) is 51.4 Å². The van der Waals surface area contributed by atoms with Crippen molar-refractivity contribution in [1.82, 2.24) is 5.32 Å². The summed E-state index contributed by atoms with van der Waals surface area (Å²) in [6.45, 7) is 1.28. The average molecular weight is 492 g/mol. The van der Waals surface area contributed by atoms with E-state index in [1.54, 1.807) is 0 Å². The molecule has 9 atom stereocenters. The highest BCUT2D eigenvalue weighted by molar-refractivity contribution is 5.67. The number of rotatable bonds is 16. The molecule has 0 aromatic rings. The fraction of sp³-hybridized carbons (Fsp3) is 0.958. The van der Waals surface area contributed by atoms with E-state index in [-0.39, 0.29) is 18.6 Å². The largest absolute Gasteiger partial charge is 0.481 e. The summed E-state index contributed by atoms with van der Waals surface area (Å²) in [6, 6.07) is 0.758. The summed E-state index contributed by atoms with van der Waals surface area (Å²) >= 11 is 0. The zero-order valence-electron chi connectivity index (χ0n) is 20.3. The predicted octanol–water partition coefficient (Wildman–Crippen LogP) is 0.659. The SMILES string of the molecule is C[C@@H](O)[C@@H]1CC[C@H](CCCCCCCCC[C@H](CC(=O)O)O[C@@H]2O[C@H](CO)[C@@H](O)[C@H](O)[C@H]2O)N1. The Hall–Kier alpha value is -0.850. The second-order valence-electron chi connectivity index (χ2n) is 9.89. The molecule has 2 aliphatic rings. The van der Waals surface area contributed by atoms with Crippen LogP contribution in [0, 0.1) is 0 Å². The molecule has 2 saturated heterocycles. The first-order chi connectivity index (χ1) is 16.2. The molecule has 0 saturated carbocycles. The molecule has 2 rings (SSSR count). The molecule has 0 unspecified atom stereocenters. The molecular weight excluding hydrogens is 446 g/mol. The van der Waals surface area contributed by atoms with Crippen molar-refractivity contribution in [3.63, 3.8) is 0 Å². The number of aliphatic hydroxyl groups is 5. The van der Waals surface area contributed by atoms with Crippen LogP contribution in [0.25, 0.3) is 0 Å². The molecule has 0 bridgehead atoms. The number of carbonyl (C=O) groups is 1. The molecule has 2 aliphatic heterocycles. The van der Waals surface area contributed by atoms with Crippen LogP contribution < -0.4 is 5.32 Å². The molecule has 34 heavy (non-hydrogen) atoms. The van der Waals surface area contributed by atoms with Gasteiger partial charge in [0.05, 0.1) is 25.2 Å². The maximum atomic E-state index is 11.2. The van der Waals surface area contributed by atoms with Gasteiger partial charge in [0.25, 0.3) is 0 Å². The van der Waals surface area contributed by atoms with Crippen molar-refractivity contribution in [2.45, 2.75) is 139 Å². The van der Waals surface area contributed by atoms with E-state index in [1.807, 2.05) is 6.92 Å². The van der Waals surface area contributed by atoms with Crippen molar-refractivity contribution in [3.8, 4) is 0 Å². The molecule has 7 N–H and O–H groups in total. The Labute approximate surface area is 202 Å². The number of carboxylic acid groups (broad SMARTS) is 1. The second-order valence-corrected chi connectivity index (χ2v) is 9.89. The zero-order valence-corrected chi connectivity index (χ0v) is 20.3. The lowest BCUT2D eigenvalue weighted by atomic mass is 9.99. The van der Waals surface area contributed by atoms with E-state index in [4.69, 9.17) is 9.47 Å². The van der Waals surface area contributed by atoms with Gasteiger partial charge in [-0.3, -0.25) is 4.79 Å². The molecule has 200 valence electrons. The first kappa shape index (κ1) is 29.4. The van der Waals surface area contributed by atoms with Gasteiger partial charge < -0.3 is 45.4 Å². The third-order valence-corrected chi connectivity index (χ3v) is 7.01. The van der Waals surface area contributed by atoms with Crippen LogP contribution in [0.5, 0.6) is 0 Å². The fourth-order valence-corrected chi connectivity index (χ4v) is 4.89. The predicted molar refractivity (Wildman–Crippen MR) is 124 cm³/mol. The van der Waals surface area contributed by atoms with Gasteiger partial charge in [0, 0.05) is 12.1 Å². The van der Waals surface area contributed by atoms with Crippen LogP contribution in [0.2, 0.25) is 0 Å². The van der Waals surface area contributed by atoms with E-state index in [9.17, 15) is 35.4 Å². The number of aliphatic carboxylic acids is 1. The van der Waals surface area contributed by atoms with E-state index >= 15 is 0 Å². The van der Waals surface area contributed by atoms with Gasteiger partial charge in [-0.25, -0.2) is 0 Å². The number of hydrogen-bond donors (Lipinski definition) is 7. The summed E-state index contributed by atoms with van der Waals surface area (Å²) in [5, 5.41) is 61.5. The first-order valence-corrected chi connectivity index (χ1v) is 12.8. The summed E-state index contributed by atoms with van der Waals surface area (Å²) in [6.07, 6.45) is 2.97. The topological polar surface area (TPSA) is 169 Å². The number of ether oxygens (including phenoxy) is 2. The van der Waals surface area contributed by atoms with Crippen LogP contribution in [-0.4, -0.2) is 98.2 Å². The lowest BCUT2D eigenvalue weighted by molar-refractivity contribution is -0.311. The summed E-state index contributed by atoms with van der Waals surface area (Å²) in [5.74, 6) is -1.04. The van der Waals surface area contributed by atoms with Gasteiger partial charge in [0.15, 0.2) is 6.29 Å². The summed E-state index contributed by atoms with van der Waals surface area (Å²) in [5.41, 5.74) is 0. The van der Waals surface area contributed by atoms with Crippen LogP contribution in [-0.2, 0) is 14.3 Å². The Morgan fingerprint density at radius 1 is 1.00 bits per heavy atom. The fourth-order valence-electron chi connectivity index (χ4n) is 4.89. The Bertz CT molecular complexity index is 577. The molecule has 2 fully saturated rings. The molecule has 2 heterocycles. The number of nitrogens with one attached hydrogen (secondary N) is 1. The lowest BCUT2D eigenvalue weighted by Crippen LogP contribution is -2.59. The van der Waals surface area contributed by atoms with Crippen molar-refractivity contribution >= 4 is 5.97 Å². The van der Waals surface area contributed by atoms with Gasteiger partial charge in [-0.05, 0) is 32.6 Å². The minimum Gasteiger partial charge on any atom is -0.481 e. The number of hydrogen-bond acceptors (Lipinski definition) is 9. The molecule has 0 spiro atoms. The zero-order chi connectivity index (χ0) is 25.1. The normalized spacial score (nSPS) is 33.6. The molecule has 0 aromatic heterocycles. The van der Waals surface area contributed by atoms with Crippen molar-refractivity contribution in [3.05, 3.63) is 0 Å². The summed E-state index contributed by atoms with van der Waals surface area (Å²) in [4.78, 5) is 11.2. The van der Waals surface area contributed by atoms with E-state index in [2.05, 4.69) is 5.32 Å². The van der Waals surface area contributed by atoms with E-state index in [1.165, 1.54) is 12.8 Å². The van der Waals surface area contributed by atoms with Crippen molar-refractivity contribution < 1.29 is 44.9 Å². The number of carboxylic acids is 1. The second kappa shape index (κ2) is 15.3. The Morgan fingerprint density at radius 3 is 2.24 bits per heavy atom. The highest BCUT2D eigenvalue weighted by Gasteiger charge is 2.44. The lowest BCUT2D eigenvalue weighted by Gasteiger charge is -2.40. The standard InChI is InChI=1S/C24H45NO9/c1-15(27)18-12-11-16(25-18)9-7-5-3-2-4-6-8-10-17(13-20(28)29)33-24-23(32)22(31)21(30)19(14-26)34-24/h15-19,21-27,30-32H,2-14H2,1H3,(H,28,29)/t15-,16+,17-,18+,19-,21-,22+,23-,24-/m1/s1. The van der Waals surface area contributed by atoms with Gasteiger partial charge in [-0.2, -0.15) is 0 Å². The van der Waals surface area contributed by atoms with Gasteiger partial charge in [-0.1, -0.05) is 44.9 Å². The number of unbranched alkanes of at least 4 members (excludes halogenated alkanes) is 6. The molecule has 0 amide bonds. The minimum absolute atomic E-state index is 0.236. The molecule has 0 aliphatic carbocycles. The summed E-state index contributed by atoms with van der Waals surface area (Å²) < 4.78 is 11.0. The van der Waals surface area contributed by atoms with Gasteiger partial charge in [0.2, 0.25) is 0 Å². The van der Waals surface area contributed by atoms with Gasteiger partial charge >= 0.3 is 5.97 Å². The quantitative estimate of drug-likeness (QED) is 0.152. The Balaban J connectivity index is 1.59. The first-order valence-electron chi connectivity index (χ1n) is 12.8. The van der Waals surface area contributed by atoms with Gasteiger partial charge in [0.1, 0.15) is 24.4 Å². The van der Waals surface area contributed by atoms with Crippen LogP contribution in [0.1, 0.15) is 84.0 Å². The third kappa shape index (κ3) is 9.66. The van der Waals surface area contributed by atoms with Gasteiger partial charge in [-0.15, -0.1) is 0 Å². The van der Waals surface area contributed by atoms with Crippen LogP contribution in [0.3, 0.4) is 0 Å². The van der Waals surface area contributed by atoms with Crippen LogP contribution in [0.15, 0.2) is 0 Å². The maximum Gasteiger partial charge on any atom is 0.305 e. The highest BCUT2D eigenvalue weighted by atomic mass is 16.7. The maximum absolute atomic E-state index is 11.2. The van der Waals surface area contributed by atoms with E-state index < -0.39 is 49.4 Å². The van der Waals surface area contributed by atoms with Crippen molar-refractivity contribution in [2.24, 2.45) is 0 Å². The Morgan fingerprint density at radius 2 is 1.65 bits per heavy atom. The molecule has 0 radical (unpaired) electrons. The molecule has 10 heteroatoms. The van der Waals surface area contributed by atoms with Crippen LogP contribution >= 0.6 is 0 Å². The minimum atomic E-state index is -1.55. The third-order valence-electron chi connectivity index (χ3n) is 7.01. The summed E-state index contributed by atoms with van der Waals surface area (Å²) in [7, 11) is 0. The Kier molecular flexibility index (Phi) is 13.2.